The maximum atomic E-state index is 12.4. The van der Waals surface area contributed by atoms with Gasteiger partial charge in [0.25, 0.3) is 5.91 Å². The molecule has 1 saturated carbocycles. The van der Waals surface area contributed by atoms with Crippen molar-refractivity contribution in [2.75, 3.05) is 18.4 Å². The van der Waals surface area contributed by atoms with Gasteiger partial charge in [-0.1, -0.05) is 29.5 Å². The van der Waals surface area contributed by atoms with E-state index in [1.807, 2.05) is 36.4 Å². The molecule has 9 nitrogen and oxygen atoms in total. The van der Waals surface area contributed by atoms with E-state index in [1.165, 1.54) is 12.5 Å². The normalized spacial score (nSPS) is 16.9. The zero-order valence-corrected chi connectivity index (χ0v) is 20.0. The van der Waals surface area contributed by atoms with Gasteiger partial charge in [-0.15, -0.1) is 5.10 Å². The van der Waals surface area contributed by atoms with Crippen molar-refractivity contribution >= 4 is 17.5 Å². The number of ether oxygens (including phenoxy) is 1. The summed E-state index contributed by atoms with van der Waals surface area (Å²) in [5, 5.41) is 13.9. The van der Waals surface area contributed by atoms with Gasteiger partial charge in [-0.25, -0.2) is 4.68 Å². The first-order valence-electron chi connectivity index (χ1n) is 12.0. The van der Waals surface area contributed by atoms with Crippen LogP contribution < -0.4 is 15.4 Å². The summed E-state index contributed by atoms with van der Waals surface area (Å²) in [5.41, 5.74) is 3.39. The highest BCUT2D eigenvalue weighted by Gasteiger charge is 2.33. The molecule has 1 aromatic heterocycles. The van der Waals surface area contributed by atoms with E-state index in [0.717, 1.165) is 42.9 Å². The summed E-state index contributed by atoms with van der Waals surface area (Å²) in [5.74, 6) is 0.566. The van der Waals surface area contributed by atoms with Crippen LogP contribution in [0.4, 0.5) is 5.69 Å². The number of likely N-dealkylation sites (tertiary alicyclic amines) is 1. The molecule has 2 amide bonds. The van der Waals surface area contributed by atoms with E-state index >= 15 is 0 Å². The molecule has 2 fully saturated rings. The SMILES string of the molecule is CC(=O)Nc1ccc(COc2ccc(C(C)N3CC(NC(=O)c4cn(C5CC5)nn4)C3)cc2)cc1. The minimum atomic E-state index is -0.152. The highest BCUT2D eigenvalue weighted by Crippen LogP contribution is 2.33. The second-order valence-corrected chi connectivity index (χ2v) is 9.35. The Labute approximate surface area is 204 Å². The van der Waals surface area contributed by atoms with Crippen molar-refractivity contribution in [2.24, 2.45) is 0 Å². The van der Waals surface area contributed by atoms with Crippen LogP contribution >= 0.6 is 0 Å². The number of nitrogens with zero attached hydrogens (tertiary/aromatic N) is 4. The zero-order chi connectivity index (χ0) is 24.4. The summed E-state index contributed by atoms with van der Waals surface area (Å²) >= 11 is 0. The van der Waals surface area contributed by atoms with Crippen LogP contribution in [0, 0.1) is 0 Å². The fourth-order valence-corrected chi connectivity index (χ4v) is 4.19. The molecule has 3 aromatic rings. The Morgan fingerprint density at radius 1 is 1.09 bits per heavy atom. The predicted molar refractivity (Wildman–Crippen MR) is 131 cm³/mol. The average molecular weight is 475 g/mol. The van der Waals surface area contributed by atoms with Crippen molar-refractivity contribution in [2.45, 2.75) is 51.4 Å². The molecule has 35 heavy (non-hydrogen) atoms. The number of anilines is 1. The third kappa shape index (κ3) is 5.68. The lowest BCUT2D eigenvalue weighted by Crippen LogP contribution is -2.59. The van der Waals surface area contributed by atoms with Crippen LogP contribution in [0.15, 0.2) is 54.7 Å². The minimum Gasteiger partial charge on any atom is -0.489 e. The molecule has 9 heteroatoms. The smallest absolute Gasteiger partial charge is 0.273 e. The topological polar surface area (TPSA) is 101 Å². The zero-order valence-electron chi connectivity index (χ0n) is 20.0. The Kier molecular flexibility index (Phi) is 6.50. The van der Waals surface area contributed by atoms with E-state index in [1.54, 1.807) is 10.9 Å². The van der Waals surface area contributed by atoms with E-state index in [4.69, 9.17) is 4.74 Å². The predicted octanol–water partition coefficient (Wildman–Crippen LogP) is 3.33. The molecule has 5 rings (SSSR count). The van der Waals surface area contributed by atoms with Crippen LogP contribution in [0.5, 0.6) is 5.75 Å². The van der Waals surface area contributed by atoms with E-state index in [9.17, 15) is 9.59 Å². The van der Waals surface area contributed by atoms with Gasteiger partial charge in [0.15, 0.2) is 5.69 Å². The van der Waals surface area contributed by atoms with Crippen LogP contribution in [0.1, 0.15) is 60.4 Å². The highest BCUT2D eigenvalue weighted by atomic mass is 16.5. The number of amides is 2. The van der Waals surface area contributed by atoms with Crippen molar-refractivity contribution in [3.8, 4) is 5.75 Å². The van der Waals surface area contributed by atoms with Crippen LogP contribution in [-0.4, -0.2) is 50.8 Å². The molecule has 1 saturated heterocycles. The number of hydrogen-bond donors (Lipinski definition) is 2. The number of carbonyl (C=O) groups is 2. The van der Waals surface area contributed by atoms with E-state index in [0.29, 0.717) is 18.3 Å². The summed E-state index contributed by atoms with van der Waals surface area (Å²) in [6.45, 7) is 5.72. The van der Waals surface area contributed by atoms with Gasteiger partial charge in [0.1, 0.15) is 12.4 Å². The molecular weight excluding hydrogens is 444 g/mol. The summed E-state index contributed by atoms with van der Waals surface area (Å²) in [7, 11) is 0. The first-order valence-corrected chi connectivity index (χ1v) is 12.0. The van der Waals surface area contributed by atoms with Gasteiger partial charge in [-0.2, -0.15) is 0 Å². The van der Waals surface area contributed by atoms with E-state index < -0.39 is 0 Å². The van der Waals surface area contributed by atoms with Crippen LogP contribution in [0.25, 0.3) is 0 Å². The Balaban J connectivity index is 1.06. The molecular formula is C26H30N6O3. The quantitative estimate of drug-likeness (QED) is 0.493. The number of aromatic nitrogens is 3. The average Bonchev–Trinajstić information content (AvgIpc) is 3.56. The fourth-order valence-electron chi connectivity index (χ4n) is 4.19. The van der Waals surface area contributed by atoms with Gasteiger partial charge in [-0.05, 0) is 55.2 Å². The Bertz CT molecular complexity index is 1180. The molecule has 2 N–H and O–H groups in total. The number of benzene rings is 2. The van der Waals surface area contributed by atoms with Gasteiger partial charge < -0.3 is 15.4 Å². The Hall–Kier alpha value is -3.72. The standard InChI is InChI=1S/C26H30N6O3/c1-17(31-13-22(14-31)28-26(34)25-15-32(30-29-25)23-9-10-23)20-5-11-24(12-6-20)35-16-19-3-7-21(8-4-19)27-18(2)33/h3-8,11-12,15,17,22-23H,9-10,13-14,16H2,1-2H3,(H,27,33)(H,28,34). The molecule has 2 aromatic carbocycles. The van der Waals surface area contributed by atoms with Gasteiger partial charge >= 0.3 is 0 Å². The fraction of sp³-hybridized carbons (Fsp3) is 0.385. The second-order valence-electron chi connectivity index (χ2n) is 9.35. The van der Waals surface area contributed by atoms with Crippen molar-refractivity contribution < 1.29 is 14.3 Å². The third-order valence-corrected chi connectivity index (χ3v) is 6.50. The number of rotatable bonds is 9. The number of hydrogen-bond acceptors (Lipinski definition) is 6. The third-order valence-electron chi connectivity index (χ3n) is 6.50. The highest BCUT2D eigenvalue weighted by molar-refractivity contribution is 5.92. The van der Waals surface area contributed by atoms with Crippen molar-refractivity contribution in [1.82, 2.24) is 25.2 Å². The summed E-state index contributed by atoms with van der Waals surface area (Å²) < 4.78 is 7.70. The minimum absolute atomic E-state index is 0.0870. The Morgan fingerprint density at radius 2 is 1.80 bits per heavy atom. The van der Waals surface area contributed by atoms with Crippen LogP contribution in [-0.2, 0) is 11.4 Å². The lowest BCUT2D eigenvalue weighted by molar-refractivity contribution is -0.114. The first-order chi connectivity index (χ1) is 16.9. The lowest BCUT2D eigenvalue weighted by Gasteiger charge is -2.43. The van der Waals surface area contributed by atoms with Gasteiger partial charge in [0.05, 0.1) is 18.3 Å². The summed E-state index contributed by atoms with van der Waals surface area (Å²) in [6, 6.07) is 16.5. The molecule has 0 radical (unpaired) electrons. The van der Waals surface area contributed by atoms with Crippen LogP contribution in [0.3, 0.4) is 0 Å². The molecule has 2 aliphatic rings. The number of carbonyl (C=O) groups excluding carboxylic acids is 2. The number of nitrogens with one attached hydrogen (secondary N) is 2. The monoisotopic (exact) mass is 474 g/mol. The molecule has 1 aliphatic heterocycles. The summed E-state index contributed by atoms with van der Waals surface area (Å²) in [6.07, 6.45) is 3.97. The molecule has 2 heterocycles. The maximum Gasteiger partial charge on any atom is 0.273 e. The van der Waals surface area contributed by atoms with Gasteiger partial charge in [0.2, 0.25) is 5.91 Å². The van der Waals surface area contributed by atoms with Gasteiger partial charge in [0, 0.05) is 31.7 Å². The molecule has 0 bridgehead atoms. The van der Waals surface area contributed by atoms with Gasteiger partial charge in [-0.3, -0.25) is 14.5 Å². The molecule has 1 aliphatic carbocycles. The molecule has 1 unspecified atom stereocenters. The van der Waals surface area contributed by atoms with Crippen LogP contribution in [0.2, 0.25) is 0 Å². The molecule has 0 spiro atoms. The molecule has 182 valence electrons. The van der Waals surface area contributed by atoms with Crippen molar-refractivity contribution in [1.29, 1.82) is 0 Å². The first kappa shape index (κ1) is 23.0. The van der Waals surface area contributed by atoms with E-state index in [2.05, 4.69) is 44.9 Å². The largest absolute Gasteiger partial charge is 0.489 e. The van der Waals surface area contributed by atoms with E-state index in [-0.39, 0.29) is 23.9 Å². The Morgan fingerprint density at radius 3 is 2.46 bits per heavy atom. The molecule has 1 atom stereocenters. The van der Waals surface area contributed by atoms with Crippen molar-refractivity contribution in [3.63, 3.8) is 0 Å². The second kappa shape index (κ2) is 9.87. The van der Waals surface area contributed by atoms with Crippen molar-refractivity contribution in [3.05, 3.63) is 71.5 Å². The maximum absolute atomic E-state index is 12.4. The summed E-state index contributed by atoms with van der Waals surface area (Å²) in [4.78, 5) is 25.9. The lowest BCUT2D eigenvalue weighted by atomic mass is 10.0.